The molecule has 3 atom stereocenters. The summed E-state index contributed by atoms with van der Waals surface area (Å²) in [4.78, 5) is 4.29. The number of rotatable bonds is 4. The maximum Gasteiger partial charge on any atom is 0.191 e. The first-order valence-electron chi connectivity index (χ1n) is 7.64. The molecule has 0 saturated carbocycles. The standard InChI is InChI=1S/C16H22ClN3O2.HI/c1-18-16(20-13-8-12-4-6-15(13)22-12)19-9-10-7-11(17)3-5-14(10)21-2;/h3,5,7,12-13,15H,4,6,8-9H2,1-2H3,(H2,18,19,20);1H. The van der Waals surface area contributed by atoms with Crippen molar-refractivity contribution in [2.75, 3.05) is 14.2 Å². The molecule has 3 rings (SSSR count). The Balaban J connectivity index is 0.00000192. The fourth-order valence-corrected chi connectivity index (χ4v) is 3.42. The van der Waals surface area contributed by atoms with Crippen LogP contribution in [0.5, 0.6) is 5.75 Å². The summed E-state index contributed by atoms with van der Waals surface area (Å²) in [5.41, 5.74) is 1.00. The number of halogens is 2. The van der Waals surface area contributed by atoms with Gasteiger partial charge < -0.3 is 20.1 Å². The normalized spacial score (nSPS) is 25.9. The van der Waals surface area contributed by atoms with E-state index < -0.39 is 0 Å². The summed E-state index contributed by atoms with van der Waals surface area (Å²) in [6, 6.07) is 5.95. The highest BCUT2D eigenvalue weighted by molar-refractivity contribution is 14.0. The fourth-order valence-electron chi connectivity index (χ4n) is 3.22. The SMILES string of the molecule is CN=C(NCc1cc(Cl)ccc1OC)NC1CC2CCC1O2.I. The Morgan fingerprint density at radius 1 is 1.43 bits per heavy atom. The van der Waals surface area contributed by atoms with Crippen molar-refractivity contribution in [2.24, 2.45) is 4.99 Å². The Kier molecular flexibility index (Phi) is 6.79. The number of hydrogen-bond acceptors (Lipinski definition) is 3. The fraction of sp³-hybridized carbons (Fsp3) is 0.562. The average molecular weight is 452 g/mol. The monoisotopic (exact) mass is 451 g/mol. The van der Waals surface area contributed by atoms with E-state index in [1.165, 1.54) is 6.42 Å². The molecule has 2 aliphatic heterocycles. The van der Waals surface area contributed by atoms with Crippen LogP contribution in [0.2, 0.25) is 5.02 Å². The zero-order valence-corrected chi connectivity index (χ0v) is 16.4. The molecular weight excluding hydrogens is 429 g/mol. The van der Waals surface area contributed by atoms with E-state index in [4.69, 9.17) is 21.1 Å². The van der Waals surface area contributed by atoms with E-state index in [1.54, 1.807) is 14.2 Å². The lowest BCUT2D eigenvalue weighted by Gasteiger charge is -2.23. The first kappa shape index (κ1) is 18.6. The second-order valence-corrected chi connectivity index (χ2v) is 6.18. The van der Waals surface area contributed by atoms with Gasteiger partial charge in [0, 0.05) is 24.2 Å². The molecule has 2 fully saturated rings. The van der Waals surface area contributed by atoms with Gasteiger partial charge in [-0.2, -0.15) is 0 Å². The maximum absolute atomic E-state index is 6.06. The number of nitrogens with zero attached hydrogens (tertiary/aromatic N) is 1. The second kappa shape index (κ2) is 8.39. The van der Waals surface area contributed by atoms with Gasteiger partial charge in [0.05, 0.1) is 25.4 Å². The first-order valence-corrected chi connectivity index (χ1v) is 8.02. The average Bonchev–Trinajstić information content (AvgIpc) is 3.14. The third kappa shape index (κ3) is 4.42. The second-order valence-electron chi connectivity index (χ2n) is 5.74. The van der Waals surface area contributed by atoms with Gasteiger partial charge in [-0.05, 0) is 37.5 Å². The van der Waals surface area contributed by atoms with Gasteiger partial charge in [0.2, 0.25) is 0 Å². The van der Waals surface area contributed by atoms with E-state index in [9.17, 15) is 0 Å². The Morgan fingerprint density at radius 2 is 2.26 bits per heavy atom. The highest BCUT2D eigenvalue weighted by Gasteiger charge is 2.41. The Labute approximate surface area is 159 Å². The Bertz CT molecular complexity index is 570. The molecule has 5 nitrogen and oxygen atoms in total. The van der Waals surface area contributed by atoms with E-state index >= 15 is 0 Å². The molecule has 7 heteroatoms. The van der Waals surface area contributed by atoms with Gasteiger partial charge in [-0.25, -0.2) is 0 Å². The number of nitrogens with one attached hydrogen (secondary N) is 2. The van der Waals surface area contributed by atoms with Crippen LogP contribution in [0.1, 0.15) is 24.8 Å². The van der Waals surface area contributed by atoms with Gasteiger partial charge in [0.1, 0.15) is 5.75 Å². The number of methoxy groups -OCH3 is 1. The molecule has 0 spiro atoms. The highest BCUT2D eigenvalue weighted by atomic mass is 127. The van der Waals surface area contributed by atoms with E-state index in [0.717, 1.165) is 30.1 Å². The summed E-state index contributed by atoms with van der Waals surface area (Å²) in [7, 11) is 3.44. The minimum absolute atomic E-state index is 0. The summed E-state index contributed by atoms with van der Waals surface area (Å²) in [6.07, 6.45) is 4.14. The molecule has 0 radical (unpaired) electrons. The van der Waals surface area contributed by atoms with Crippen LogP contribution in [0.25, 0.3) is 0 Å². The molecule has 2 N–H and O–H groups in total. The number of fused-ring (bicyclic) bond motifs is 2. The summed E-state index contributed by atoms with van der Waals surface area (Å²) in [5.74, 6) is 1.60. The van der Waals surface area contributed by atoms with Gasteiger partial charge in [-0.15, -0.1) is 24.0 Å². The lowest BCUT2D eigenvalue weighted by Crippen LogP contribution is -2.47. The minimum atomic E-state index is 0. The molecule has 1 aromatic rings. The minimum Gasteiger partial charge on any atom is -0.496 e. The third-order valence-electron chi connectivity index (χ3n) is 4.34. The zero-order valence-electron chi connectivity index (χ0n) is 13.3. The molecule has 1 aromatic carbocycles. The van der Waals surface area contributed by atoms with Gasteiger partial charge in [-0.3, -0.25) is 4.99 Å². The topological polar surface area (TPSA) is 54.9 Å². The molecule has 2 heterocycles. The maximum atomic E-state index is 6.06. The van der Waals surface area contributed by atoms with Crippen molar-refractivity contribution in [3.63, 3.8) is 0 Å². The number of benzene rings is 1. The molecular formula is C16H23ClIN3O2. The van der Waals surface area contributed by atoms with Crippen molar-refractivity contribution in [1.82, 2.24) is 10.6 Å². The summed E-state index contributed by atoms with van der Waals surface area (Å²) < 4.78 is 11.2. The lowest BCUT2D eigenvalue weighted by molar-refractivity contribution is 0.0992. The van der Waals surface area contributed by atoms with Crippen molar-refractivity contribution in [1.29, 1.82) is 0 Å². The molecule has 128 valence electrons. The third-order valence-corrected chi connectivity index (χ3v) is 4.58. The first-order chi connectivity index (χ1) is 10.7. The number of hydrogen-bond donors (Lipinski definition) is 2. The van der Waals surface area contributed by atoms with Crippen LogP contribution in [0.4, 0.5) is 0 Å². The summed E-state index contributed by atoms with van der Waals surface area (Å²) in [6.45, 7) is 0.602. The van der Waals surface area contributed by atoms with Crippen molar-refractivity contribution >= 4 is 41.5 Å². The van der Waals surface area contributed by atoms with Crippen LogP contribution >= 0.6 is 35.6 Å². The van der Waals surface area contributed by atoms with Crippen molar-refractivity contribution in [3.05, 3.63) is 28.8 Å². The summed E-state index contributed by atoms with van der Waals surface area (Å²) >= 11 is 6.06. The van der Waals surface area contributed by atoms with Crippen molar-refractivity contribution < 1.29 is 9.47 Å². The molecule has 2 bridgehead atoms. The van der Waals surface area contributed by atoms with Crippen LogP contribution in [-0.2, 0) is 11.3 Å². The van der Waals surface area contributed by atoms with E-state index in [2.05, 4.69) is 15.6 Å². The largest absolute Gasteiger partial charge is 0.496 e. The molecule has 2 aliphatic rings. The predicted octanol–water partition coefficient (Wildman–Crippen LogP) is 2.95. The number of ether oxygens (including phenoxy) is 2. The Morgan fingerprint density at radius 3 is 2.87 bits per heavy atom. The smallest absolute Gasteiger partial charge is 0.191 e. The van der Waals surface area contributed by atoms with Crippen LogP contribution in [0.15, 0.2) is 23.2 Å². The molecule has 23 heavy (non-hydrogen) atoms. The van der Waals surface area contributed by atoms with Crippen LogP contribution < -0.4 is 15.4 Å². The van der Waals surface area contributed by atoms with Crippen LogP contribution in [0, 0.1) is 0 Å². The van der Waals surface area contributed by atoms with Crippen LogP contribution in [0.3, 0.4) is 0 Å². The molecule has 3 unspecified atom stereocenters. The molecule has 0 amide bonds. The quantitative estimate of drug-likeness (QED) is 0.420. The Hall–Kier alpha value is -0.730. The zero-order chi connectivity index (χ0) is 15.5. The van der Waals surface area contributed by atoms with E-state index in [1.807, 2.05) is 18.2 Å². The highest BCUT2D eigenvalue weighted by Crippen LogP contribution is 2.34. The molecule has 2 saturated heterocycles. The van der Waals surface area contributed by atoms with Gasteiger partial charge >= 0.3 is 0 Å². The lowest BCUT2D eigenvalue weighted by atomic mass is 9.96. The van der Waals surface area contributed by atoms with Gasteiger partial charge in [0.25, 0.3) is 0 Å². The number of guanidine groups is 1. The summed E-state index contributed by atoms with van der Waals surface area (Å²) in [5, 5.41) is 7.47. The number of aliphatic imine (C=N–C) groups is 1. The van der Waals surface area contributed by atoms with E-state index in [-0.39, 0.29) is 24.0 Å². The van der Waals surface area contributed by atoms with Crippen molar-refractivity contribution in [2.45, 2.75) is 44.1 Å². The van der Waals surface area contributed by atoms with Gasteiger partial charge in [-0.1, -0.05) is 11.6 Å². The van der Waals surface area contributed by atoms with Crippen molar-refractivity contribution in [3.8, 4) is 5.75 Å². The molecule has 0 aromatic heterocycles. The van der Waals surface area contributed by atoms with Crippen LogP contribution in [-0.4, -0.2) is 38.4 Å². The van der Waals surface area contributed by atoms with E-state index in [0.29, 0.717) is 29.8 Å². The predicted molar refractivity (Wildman–Crippen MR) is 103 cm³/mol. The molecule has 0 aliphatic carbocycles. The van der Waals surface area contributed by atoms with Gasteiger partial charge in [0.15, 0.2) is 5.96 Å².